The normalized spacial score (nSPS) is 22.8. The fourth-order valence-electron chi connectivity index (χ4n) is 4.08. The number of rotatable bonds is 3. The maximum Gasteiger partial charge on any atom is 0.256 e. The lowest BCUT2D eigenvalue weighted by atomic mass is 9.95. The van der Waals surface area contributed by atoms with Gasteiger partial charge in [0.2, 0.25) is 0 Å². The van der Waals surface area contributed by atoms with Gasteiger partial charge in [0.25, 0.3) is 5.91 Å². The van der Waals surface area contributed by atoms with Gasteiger partial charge >= 0.3 is 0 Å². The summed E-state index contributed by atoms with van der Waals surface area (Å²) in [7, 11) is 1.89. The average molecular weight is 286 g/mol. The molecule has 1 aromatic rings. The van der Waals surface area contributed by atoms with Gasteiger partial charge in [-0.25, -0.2) is 0 Å². The van der Waals surface area contributed by atoms with Crippen molar-refractivity contribution in [3.05, 3.63) is 29.3 Å². The van der Waals surface area contributed by atoms with Crippen molar-refractivity contribution >= 4 is 11.6 Å². The second-order valence-corrected chi connectivity index (χ2v) is 6.55. The van der Waals surface area contributed by atoms with Crippen LogP contribution in [0.2, 0.25) is 0 Å². The van der Waals surface area contributed by atoms with E-state index >= 15 is 0 Å². The number of hydrogen-bond donors (Lipinski definition) is 1. The maximum atomic E-state index is 13.0. The third kappa shape index (κ3) is 2.78. The molecule has 1 aliphatic carbocycles. The van der Waals surface area contributed by atoms with Crippen LogP contribution < -0.4 is 5.32 Å². The van der Waals surface area contributed by atoms with E-state index in [1.165, 1.54) is 37.7 Å². The molecule has 1 aromatic carbocycles. The fourth-order valence-corrected chi connectivity index (χ4v) is 4.08. The molecular formula is C18H26N2O. The largest absolute Gasteiger partial charge is 0.387 e. The third-order valence-corrected chi connectivity index (χ3v) is 5.18. The molecule has 0 bridgehead atoms. The predicted molar refractivity (Wildman–Crippen MR) is 86.7 cm³/mol. The van der Waals surface area contributed by atoms with E-state index in [0.717, 1.165) is 30.1 Å². The van der Waals surface area contributed by atoms with Gasteiger partial charge in [-0.2, -0.15) is 0 Å². The molecule has 1 saturated carbocycles. The number of anilines is 1. The molecule has 21 heavy (non-hydrogen) atoms. The van der Waals surface area contributed by atoms with Crippen molar-refractivity contribution < 1.29 is 4.79 Å². The highest BCUT2D eigenvalue weighted by molar-refractivity contribution is 6.00. The zero-order chi connectivity index (χ0) is 14.8. The van der Waals surface area contributed by atoms with E-state index in [0.29, 0.717) is 6.04 Å². The van der Waals surface area contributed by atoms with E-state index in [-0.39, 0.29) is 5.91 Å². The standard InChI is InChI=1S/C18H26N2O/c1-13-9-10-15(16(12-13)19-2)18(21)20-11-5-8-17(20)14-6-3-4-7-14/h9-10,12,14,17,19H,3-8,11H2,1-2H3. The maximum absolute atomic E-state index is 13.0. The molecule has 3 heteroatoms. The van der Waals surface area contributed by atoms with Crippen molar-refractivity contribution in [3.63, 3.8) is 0 Å². The smallest absolute Gasteiger partial charge is 0.256 e. The molecule has 1 amide bonds. The van der Waals surface area contributed by atoms with Crippen molar-refractivity contribution in [2.24, 2.45) is 5.92 Å². The fraction of sp³-hybridized carbons (Fsp3) is 0.611. The molecule has 2 aliphatic rings. The highest BCUT2D eigenvalue weighted by Crippen LogP contribution is 2.36. The molecule has 0 aromatic heterocycles. The van der Waals surface area contributed by atoms with Gasteiger partial charge in [-0.15, -0.1) is 0 Å². The summed E-state index contributed by atoms with van der Waals surface area (Å²) in [5.41, 5.74) is 2.97. The molecule has 1 N–H and O–H groups in total. The Morgan fingerprint density at radius 1 is 1.19 bits per heavy atom. The van der Waals surface area contributed by atoms with E-state index < -0.39 is 0 Å². The summed E-state index contributed by atoms with van der Waals surface area (Å²) < 4.78 is 0. The van der Waals surface area contributed by atoms with Gasteiger partial charge in [-0.3, -0.25) is 4.79 Å². The Hall–Kier alpha value is -1.51. The minimum atomic E-state index is 0.216. The molecule has 0 radical (unpaired) electrons. The summed E-state index contributed by atoms with van der Waals surface area (Å²) in [6, 6.07) is 6.56. The van der Waals surface area contributed by atoms with Crippen LogP contribution >= 0.6 is 0 Å². The quantitative estimate of drug-likeness (QED) is 0.916. The number of carbonyl (C=O) groups is 1. The van der Waals surface area contributed by atoms with Crippen LogP contribution in [0.15, 0.2) is 18.2 Å². The molecule has 0 spiro atoms. The molecule has 1 heterocycles. The number of hydrogen-bond acceptors (Lipinski definition) is 2. The Labute approximate surface area is 127 Å². The van der Waals surface area contributed by atoms with Crippen molar-refractivity contribution in [2.75, 3.05) is 18.9 Å². The van der Waals surface area contributed by atoms with Crippen LogP contribution in [0.4, 0.5) is 5.69 Å². The van der Waals surface area contributed by atoms with Crippen molar-refractivity contribution in [1.82, 2.24) is 4.90 Å². The number of likely N-dealkylation sites (tertiary alicyclic amines) is 1. The summed E-state index contributed by atoms with van der Waals surface area (Å²) in [5, 5.41) is 3.18. The van der Waals surface area contributed by atoms with Crippen molar-refractivity contribution in [2.45, 2.75) is 51.5 Å². The highest BCUT2D eigenvalue weighted by Gasteiger charge is 2.36. The minimum absolute atomic E-state index is 0.216. The predicted octanol–water partition coefficient (Wildman–Crippen LogP) is 3.83. The lowest BCUT2D eigenvalue weighted by Crippen LogP contribution is -2.39. The van der Waals surface area contributed by atoms with Crippen LogP contribution in [0.5, 0.6) is 0 Å². The number of amides is 1. The number of nitrogens with zero attached hydrogens (tertiary/aromatic N) is 1. The second-order valence-electron chi connectivity index (χ2n) is 6.55. The third-order valence-electron chi connectivity index (χ3n) is 5.18. The summed E-state index contributed by atoms with van der Waals surface area (Å²) >= 11 is 0. The number of aryl methyl sites for hydroxylation is 1. The lowest BCUT2D eigenvalue weighted by molar-refractivity contribution is 0.0690. The summed E-state index contributed by atoms with van der Waals surface area (Å²) in [4.78, 5) is 15.1. The van der Waals surface area contributed by atoms with Gasteiger partial charge in [0, 0.05) is 25.3 Å². The van der Waals surface area contributed by atoms with Crippen LogP contribution in [-0.4, -0.2) is 30.4 Å². The van der Waals surface area contributed by atoms with E-state index in [4.69, 9.17) is 0 Å². The summed E-state index contributed by atoms with van der Waals surface area (Å²) in [5.74, 6) is 0.952. The summed E-state index contributed by atoms with van der Waals surface area (Å²) in [6.45, 7) is 2.99. The molecule has 1 aliphatic heterocycles. The molecule has 3 nitrogen and oxygen atoms in total. The first-order valence-corrected chi connectivity index (χ1v) is 8.30. The zero-order valence-electron chi connectivity index (χ0n) is 13.2. The molecule has 114 valence electrons. The Morgan fingerprint density at radius 2 is 1.95 bits per heavy atom. The average Bonchev–Trinajstić information content (AvgIpc) is 3.16. The molecule has 2 fully saturated rings. The first-order chi connectivity index (χ1) is 10.2. The van der Waals surface area contributed by atoms with E-state index in [1.807, 2.05) is 19.2 Å². The first kappa shape index (κ1) is 14.4. The Bertz CT molecular complexity index is 520. The molecule has 1 saturated heterocycles. The van der Waals surface area contributed by atoms with E-state index in [1.54, 1.807) is 0 Å². The van der Waals surface area contributed by atoms with Crippen molar-refractivity contribution in [3.8, 4) is 0 Å². The van der Waals surface area contributed by atoms with Crippen LogP contribution in [-0.2, 0) is 0 Å². The zero-order valence-corrected chi connectivity index (χ0v) is 13.2. The van der Waals surface area contributed by atoms with Crippen LogP contribution in [0.25, 0.3) is 0 Å². The highest BCUT2D eigenvalue weighted by atomic mass is 16.2. The monoisotopic (exact) mass is 286 g/mol. The Kier molecular flexibility index (Phi) is 4.18. The summed E-state index contributed by atoms with van der Waals surface area (Å²) in [6.07, 6.45) is 7.65. The SMILES string of the molecule is CNc1cc(C)ccc1C(=O)N1CCCC1C1CCCC1. The Morgan fingerprint density at radius 3 is 2.67 bits per heavy atom. The van der Waals surface area contributed by atoms with Gasteiger partial charge in [0.05, 0.1) is 5.56 Å². The second kappa shape index (κ2) is 6.08. The minimum Gasteiger partial charge on any atom is -0.387 e. The van der Waals surface area contributed by atoms with E-state index in [2.05, 4.69) is 23.2 Å². The molecule has 3 rings (SSSR count). The van der Waals surface area contributed by atoms with Gasteiger partial charge in [-0.05, 0) is 56.2 Å². The van der Waals surface area contributed by atoms with Crippen LogP contribution in [0.1, 0.15) is 54.4 Å². The van der Waals surface area contributed by atoms with Crippen LogP contribution in [0, 0.1) is 12.8 Å². The molecule has 1 unspecified atom stereocenters. The molecule has 1 atom stereocenters. The van der Waals surface area contributed by atoms with Gasteiger partial charge < -0.3 is 10.2 Å². The lowest BCUT2D eigenvalue weighted by Gasteiger charge is -2.30. The Balaban J connectivity index is 1.83. The van der Waals surface area contributed by atoms with Crippen molar-refractivity contribution in [1.29, 1.82) is 0 Å². The number of benzene rings is 1. The van der Waals surface area contributed by atoms with Crippen LogP contribution in [0.3, 0.4) is 0 Å². The topological polar surface area (TPSA) is 32.3 Å². The van der Waals surface area contributed by atoms with E-state index in [9.17, 15) is 4.79 Å². The number of carbonyl (C=O) groups excluding carboxylic acids is 1. The van der Waals surface area contributed by atoms with Gasteiger partial charge in [0.15, 0.2) is 0 Å². The molecular weight excluding hydrogens is 260 g/mol. The first-order valence-electron chi connectivity index (χ1n) is 8.30. The van der Waals surface area contributed by atoms with Gasteiger partial charge in [-0.1, -0.05) is 18.9 Å². The van der Waals surface area contributed by atoms with Gasteiger partial charge in [0.1, 0.15) is 0 Å². The number of nitrogens with one attached hydrogen (secondary N) is 1.